The summed E-state index contributed by atoms with van der Waals surface area (Å²) in [6.07, 6.45) is 0.310. The van der Waals surface area contributed by atoms with Crippen molar-refractivity contribution in [1.82, 2.24) is 4.90 Å². The van der Waals surface area contributed by atoms with Crippen LogP contribution in [0.3, 0.4) is 0 Å². The van der Waals surface area contributed by atoms with Crippen LogP contribution in [0.5, 0.6) is 0 Å². The highest BCUT2D eigenvalue weighted by Gasteiger charge is 2.37. The molecule has 112 valence electrons. The van der Waals surface area contributed by atoms with E-state index in [-0.39, 0.29) is 17.7 Å². The Hall–Kier alpha value is -1.88. The zero-order chi connectivity index (χ0) is 14.8. The molecule has 2 heterocycles. The van der Waals surface area contributed by atoms with Crippen LogP contribution >= 0.6 is 0 Å². The molecule has 2 amide bonds. The summed E-state index contributed by atoms with van der Waals surface area (Å²) in [7, 11) is 0. The van der Waals surface area contributed by atoms with Gasteiger partial charge in [-0.2, -0.15) is 0 Å². The molecule has 1 aromatic rings. The second kappa shape index (κ2) is 5.85. The molecule has 2 aliphatic heterocycles. The first-order valence-corrected chi connectivity index (χ1v) is 7.39. The Bertz CT molecular complexity index is 552. The van der Waals surface area contributed by atoms with Crippen LogP contribution < -0.4 is 4.90 Å². The molecule has 21 heavy (non-hydrogen) atoms. The van der Waals surface area contributed by atoms with Gasteiger partial charge in [0.25, 0.3) is 0 Å². The fraction of sp³-hybridized carbons (Fsp3) is 0.500. The summed E-state index contributed by atoms with van der Waals surface area (Å²) in [6, 6.07) is 7.85. The molecule has 0 saturated carbocycles. The number of hydrogen-bond donors (Lipinski definition) is 0. The second-order valence-corrected chi connectivity index (χ2v) is 5.68. The van der Waals surface area contributed by atoms with Crippen molar-refractivity contribution in [1.29, 1.82) is 0 Å². The number of anilines is 1. The summed E-state index contributed by atoms with van der Waals surface area (Å²) in [5, 5.41) is 0. The summed E-state index contributed by atoms with van der Waals surface area (Å²) in [6.45, 7) is 4.93. The lowest BCUT2D eigenvalue weighted by molar-refractivity contribution is -0.139. The second-order valence-electron chi connectivity index (χ2n) is 5.68. The fourth-order valence-corrected chi connectivity index (χ4v) is 2.96. The van der Waals surface area contributed by atoms with Gasteiger partial charge in [-0.05, 0) is 24.6 Å². The quantitative estimate of drug-likeness (QED) is 0.822. The summed E-state index contributed by atoms with van der Waals surface area (Å²) in [5.74, 6) is -0.106. The van der Waals surface area contributed by atoms with Gasteiger partial charge in [0.2, 0.25) is 11.8 Å². The van der Waals surface area contributed by atoms with Gasteiger partial charge >= 0.3 is 0 Å². The molecule has 0 aliphatic carbocycles. The lowest BCUT2D eigenvalue weighted by Gasteiger charge is -2.29. The van der Waals surface area contributed by atoms with Crippen LogP contribution in [0.1, 0.15) is 12.0 Å². The highest BCUT2D eigenvalue weighted by Crippen LogP contribution is 2.27. The van der Waals surface area contributed by atoms with Gasteiger partial charge in [0.1, 0.15) is 0 Å². The Morgan fingerprint density at radius 3 is 2.76 bits per heavy atom. The third-order valence-corrected chi connectivity index (χ3v) is 4.11. The van der Waals surface area contributed by atoms with E-state index in [1.807, 2.05) is 36.1 Å². The number of ether oxygens (including phenoxy) is 1. The van der Waals surface area contributed by atoms with E-state index in [2.05, 4.69) is 0 Å². The molecular formula is C16H20N2O3. The van der Waals surface area contributed by atoms with Gasteiger partial charge in [-0.15, -0.1) is 0 Å². The van der Waals surface area contributed by atoms with Gasteiger partial charge in [0.05, 0.1) is 19.1 Å². The van der Waals surface area contributed by atoms with E-state index in [9.17, 15) is 9.59 Å². The average molecular weight is 288 g/mol. The van der Waals surface area contributed by atoms with Crippen LogP contribution in [0.15, 0.2) is 24.3 Å². The van der Waals surface area contributed by atoms with E-state index in [0.717, 1.165) is 11.3 Å². The SMILES string of the molecule is Cc1cccc(N2CC(C(=O)N3CCOCC3)CC2=O)c1. The topological polar surface area (TPSA) is 49.9 Å². The van der Waals surface area contributed by atoms with Gasteiger partial charge in [0.15, 0.2) is 0 Å². The standard InChI is InChI=1S/C16H20N2O3/c1-12-3-2-4-14(9-12)18-11-13(10-15(18)19)16(20)17-5-7-21-8-6-17/h2-4,9,13H,5-8,10-11H2,1H3. The van der Waals surface area contributed by atoms with Crippen molar-refractivity contribution in [3.8, 4) is 0 Å². The number of amides is 2. The highest BCUT2D eigenvalue weighted by atomic mass is 16.5. The van der Waals surface area contributed by atoms with Crippen LogP contribution in [-0.2, 0) is 14.3 Å². The number of rotatable bonds is 2. The monoisotopic (exact) mass is 288 g/mol. The average Bonchev–Trinajstić information content (AvgIpc) is 2.89. The Balaban J connectivity index is 1.70. The molecular weight excluding hydrogens is 268 g/mol. The molecule has 3 rings (SSSR count). The number of carbonyl (C=O) groups is 2. The van der Waals surface area contributed by atoms with E-state index < -0.39 is 0 Å². The first-order chi connectivity index (χ1) is 10.1. The summed E-state index contributed by atoms with van der Waals surface area (Å²) in [5.41, 5.74) is 2.00. The minimum atomic E-state index is -0.226. The minimum Gasteiger partial charge on any atom is -0.378 e. The van der Waals surface area contributed by atoms with Crippen molar-refractivity contribution in [3.05, 3.63) is 29.8 Å². The molecule has 0 bridgehead atoms. The predicted molar refractivity (Wildman–Crippen MR) is 79.0 cm³/mol. The fourth-order valence-electron chi connectivity index (χ4n) is 2.96. The first kappa shape index (κ1) is 14.1. The van der Waals surface area contributed by atoms with Gasteiger partial charge in [-0.25, -0.2) is 0 Å². The van der Waals surface area contributed by atoms with Crippen molar-refractivity contribution < 1.29 is 14.3 Å². The zero-order valence-corrected chi connectivity index (χ0v) is 12.2. The molecule has 0 radical (unpaired) electrons. The first-order valence-electron chi connectivity index (χ1n) is 7.39. The van der Waals surface area contributed by atoms with Crippen molar-refractivity contribution in [2.45, 2.75) is 13.3 Å². The van der Waals surface area contributed by atoms with Crippen LogP contribution in [-0.4, -0.2) is 49.6 Å². The summed E-state index contributed by atoms with van der Waals surface area (Å²) < 4.78 is 5.27. The molecule has 1 unspecified atom stereocenters. The van der Waals surface area contributed by atoms with Crippen molar-refractivity contribution in [2.75, 3.05) is 37.7 Å². The van der Waals surface area contributed by atoms with Crippen LogP contribution in [0, 0.1) is 12.8 Å². The molecule has 2 saturated heterocycles. The maximum Gasteiger partial charge on any atom is 0.228 e. The molecule has 1 atom stereocenters. The van der Waals surface area contributed by atoms with Crippen molar-refractivity contribution in [2.24, 2.45) is 5.92 Å². The van der Waals surface area contributed by atoms with E-state index in [1.165, 1.54) is 0 Å². The Kier molecular flexibility index (Phi) is 3.92. The minimum absolute atomic E-state index is 0.0345. The highest BCUT2D eigenvalue weighted by molar-refractivity contribution is 6.00. The molecule has 0 spiro atoms. The number of nitrogens with zero attached hydrogens (tertiary/aromatic N) is 2. The number of hydrogen-bond acceptors (Lipinski definition) is 3. The number of benzene rings is 1. The molecule has 0 aromatic heterocycles. The molecule has 1 aromatic carbocycles. The van der Waals surface area contributed by atoms with E-state index in [4.69, 9.17) is 4.74 Å². The molecule has 5 heteroatoms. The molecule has 2 fully saturated rings. The van der Waals surface area contributed by atoms with E-state index >= 15 is 0 Å². The van der Waals surface area contributed by atoms with Gasteiger partial charge in [-0.1, -0.05) is 12.1 Å². The van der Waals surface area contributed by atoms with Crippen molar-refractivity contribution in [3.63, 3.8) is 0 Å². The lowest BCUT2D eigenvalue weighted by atomic mass is 10.1. The third kappa shape index (κ3) is 2.93. The Morgan fingerprint density at radius 2 is 2.05 bits per heavy atom. The maximum absolute atomic E-state index is 12.5. The number of carbonyl (C=O) groups excluding carboxylic acids is 2. The maximum atomic E-state index is 12.5. The van der Waals surface area contributed by atoms with Gasteiger partial charge in [0, 0.05) is 31.7 Å². The summed E-state index contributed by atoms with van der Waals surface area (Å²) >= 11 is 0. The van der Waals surface area contributed by atoms with Gasteiger partial charge in [-0.3, -0.25) is 9.59 Å². The largest absolute Gasteiger partial charge is 0.378 e. The molecule has 0 N–H and O–H groups in total. The van der Waals surface area contributed by atoms with Crippen LogP contribution in [0.4, 0.5) is 5.69 Å². The van der Waals surface area contributed by atoms with Gasteiger partial charge < -0.3 is 14.5 Å². The summed E-state index contributed by atoms with van der Waals surface area (Å²) in [4.78, 5) is 28.2. The molecule has 5 nitrogen and oxygen atoms in total. The van der Waals surface area contributed by atoms with Crippen molar-refractivity contribution >= 4 is 17.5 Å². The van der Waals surface area contributed by atoms with E-state index in [1.54, 1.807) is 4.90 Å². The zero-order valence-electron chi connectivity index (χ0n) is 12.2. The number of aryl methyl sites for hydroxylation is 1. The Labute approximate surface area is 124 Å². The van der Waals surface area contributed by atoms with E-state index in [0.29, 0.717) is 39.3 Å². The lowest BCUT2D eigenvalue weighted by Crippen LogP contribution is -2.44. The van der Waals surface area contributed by atoms with Crippen LogP contribution in [0.25, 0.3) is 0 Å². The predicted octanol–water partition coefficient (Wildman–Crippen LogP) is 1.21. The third-order valence-electron chi connectivity index (χ3n) is 4.11. The normalized spacial score (nSPS) is 22.7. The van der Waals surface area contributed by atoms with Crippen LogP contribution in [0.2, 0.25) is 0 Å². The smallest absolute Gasteiger partial charge is 0.228 e. The Morgan fingerprint density at radius 1 is 1.29 bits per heavy atom. The molecule has 2 aliphatic rings. The number of morpholine rings is 1.